The Kier molecular flexibility index (Phi) is 5.06. The quantitative estimate of drug-likeness (QED) is 0.799. The number of nitrogens with one attached hydrogen (secondary N) is 3. The molecule has 0 fully saturated rings. The first-order valence-corrected chi connectivity index (χ1v) is 7.04. The fraction of sp³-hybridized carbons (Fsp3) is 0.188. The monoisotopic (exact) mass is 303 g/mol. The number of carbonyl (C=O) groups is 1. The van der Waals surface area contributed by atoms with Gasteiger partial charge in [0, 0.05) is 30.0 Å². The number of carbonyl (C=O) groups excluding carboxylic acids is 1. The van der Waals surface area contributed by atoms with Crippen molar-refractivity contribution in [3.8, 4) is 0 Å². The predicted octanol–water partition coefficient (Wildman–Crippen LogP) is 4.01. The summed E-state index contributed by atoms with van der Waals surface area (Å²) >= 11 is 6.10. The van der Waals surface area contributed by atoms with E-state index in [0.29, 0.717) is 6.54 Å². The summed E-state index contributed by atoms with van der Waals surface area (Å²) in [6.45, 7) is 2.68. The fourth-order valence-electron chi connectivity index (χ4n) is 1.82. The number of hydrogen-bond acceptors (Lipinski definition) is 2. The van der Waals surface area contributed by atoms with Gasteiger partial charge in [-0.05, 0) is 48.4 Å². The lowest BCUT2D eigenvalue weighted by molar-refractivity contribution is 0.254. The minimum atomic E-state index is -0.231. The third-order valence-corrected chi connectivity index (χ3v) is 3.51. The Labute approximate surface area is 129 Å². The molecule has 0 spiro atoms. The second-order valence-electron chi connectivity index (χ2n) is 4.72. The first-order chi connectivity index (χ1) is 10.1. The molecular formula is C16H18ClN3O. The maximum Gasteiger partial charge on any atom is 0.318 e. The van der Waals surface area contributed by atoms with Crippen molar-refractivity contribution in [3.63, 3.8) is 0 Å². The molecule has 0 unspecified atom stereocenters. The Morgan fingerprint density at radius 2 is 1.76 bits per heavy atom. The van der Waals surface area contributed by atoms with Crippen LogP contribution in [0.2, 0.25) is 5.02 Å². The largest absolute Gasteiger partial charge is 0.381 e. The maximum absolute atomic E-state index is 11.2. The third kappa shape index (κ3) is 4.39. The zero-order valence-electron chi connectivity index (χ0n) is 12.0. The molecule has 0 saturated heterocycles. The van der Waals surface area contributed by atoms with Crippen LogP contribution in [0.15, 0.2) is 42.5 Å². The highest BCUT2D eigenvalue weighted by atomic mass is 35.5. The molecule has 21 heavy (non-hydrogen) atoms. The van der Waals surface area contributed by atoms with Crippen LogP contribution < -0.4 is 16.0 Å². The molecule has 0 aromatic heterocycles. The highest BCUT2D eigenvalue weighted by Gasteiger charge is 2.00. The van der Waals surface area contributed by atoms with Gasteiger partial charge in [-0.1, -0.05) is 23.7 Å². The van der Waals surface area contributed by atoms with E-state index in [-0.39, 0.29) is 6.03 Å². The molecule has 3 N–H and O–H groups in total. The van der Waals surface area contributed by atoms with Gasteiger partial charge in [-0.25, -0.2) is 4.79 Å². The third-order valence-electron chi connectivity index (χ3n) is 3.10. The van der Waals surface area contributed by atoms with Gasteiger partial charge in [0.15, 0.2) is 0 Å². The van der Waals surface area contributed by atoms with Crippen LogP contribution in [0, 0.1) is 6.92 Å². The summed E-state index contributed by atoms with van der Waals surface area (Å²) in [5.74, 6) is 0. The van der Waals surface area contributed by atoms with E-state index in [2.05, 4.69) is 22.0 Å². The second-order valence-corrected chi connectivity index (χ2v) is 5.13. The van der Waals surface area contributed by atoms with Crippen LogP contribution in [0.1, 0.15) is 11.1 Å². The number of anilines is 2. The van der Waals surface area contributed by atoms with Crippen molar-refractivity contribution in [2.45, 2.75) is 13.5 Å². The smallest absolute Gasteiger partial charge is 0.318 e. The van der Waals surface area contributed by atoms with Crippen LogP contribution >= 0.6 is 11.6 Å². The van der Waals surface area contributed by atoms with Gasteiger partial charge in [0.1, 0.15) is 0 Å². The van der Waals surface area contributed by atoms with Crippen molar-refractivity contribution >= 4 is 29.0 Å². The summed E-state index contributed by atoms with van der Waals surface area (Å²) in [5.41, 5.74) is 3.93. The Hall–Kier alpha value is -2.20. The van der Waals surface area contributed by atoms with Crippen LogP contribution in [-0.4, -0.2) is 13.1 Å². The number of hydrogen-bond donors (Lipinski definition) is 3. The number of urea groups is 1. The van der Waals surface area contributed by atoms with Crippen LogP contribution in [0.5, 0.6) is 0 Å². The summed E-state index contributed by atoms with van der Waals surface area (Å²) in [4.78, 5) is 11.2. The second kappa shape index (κ2) is 6.99. The standard InChI is InChI=1S/C16H18ClN3O/c1-11-3-4-12(9-15(11)17)10-19-13-5-7-14(8-6-13)20-16(21)18-2/h3-9,19H,10H2,1-2H3,(H2,18,20,21). The normalized spacial score (nSPS) is 10.0. The molecule has 0 saturated carbocycles. The van der Waals surface area contributed by atoms with Crippen LogP contribution in [0.3, 0.4) is 0 Å². The Morgan fingerprint density at radius 3 is 2.38 bits per heavy atom. The molecule has 2 aromatic rings. The maximum atomic E-state index is 11.2. The molecular weight excluding hydrogens is 286 g/mol. The van der Waals surface area contributed by atoms with E-state index in [1.807, 2.05) is 43.3 Å². The zero-order valence-corrected chi connectivity index (χ0v) is 12.8. The van der Waals surface area contributed by atoms with Crippen molar-refractivity contribution in [3.05, 3.63) is 58.6 Å². The lowest BCUT2D eigenvalue weighted by Gasteiger charge is -2.09. The van der Waals surface area contributed by atoms with Crippen LogP contribution in [0.25, 0.3) is 0 Å². The molecule has 0 bridgehead atoms. The molecule has 0 aliphatic rings. The van der Waals surface area contributed by atoms with Crippen molar-refractivity contribution < 1.29 is 4.79 Å². The molecule has 0 aliphatic heterocycles. The van der Waals surface area contributed by atoms with Gasteiger partial charge in [0.2, 0.25) is 0 Å². The SMILES string of the molecule is CNC(=O)Nc1ccc(NCc2ccc(C)c(Cl)c2)cc1. The summed E-state index contributed by atoms with van der Waals surface area (Å²) < 4.78 is 0. The first kappa shape index (κ1) is 15.2. The summed E-state index contributed by atoms with van der Waals surface area (Å²) in [7, 11) is 1.58. The van der Waals surface area contributed by atoms with Gasteiger partial charge in [0.05, 0.1) is 0 Å². The molecule has 4 nitrogen and oxygen atoms in total. The highest BCUT2D eigenvalue weighted by molar-refractivity contribution is 6.31. The van der Waals surface area contributed by atoms with Gasteiger partial charge in [0.25, 0.3) is 0 Å². The number of benzene rings is 2. The predicted molar refractivity (Wildman–Crippen MR) is 88.0 cm³/mol. The van der Waals surface area contributed by atoms with E-state index in [4.69, 9.17) is 11.6 Å². The minimum absolute atomic E-state index is 0.231. The Bertz CT molecular complexity index is 626. The van der Waals surface area contributed by atoms with E-state index in [1.165, 1.54) is 0 Å². The van der Waals surface area contributed by atoms with E-state index < -0.39 is 0 Å². The lowest BCUT2D eigenvalue weighted by Crippen LogP contribution is -2.24. The van der Waals surface area contributed by atoms with E-state index in [1.54, 1.807) is 7.05 Å². The van der Waals surface area contributed by atoms with Gasteiger partial charge in [-0.15, -0.1) is 0 Å². The summed E-state index contributed by atoms with van der Waals surface area (Å²) in [6.07, 6.45) is 0. The van der Waals surface area contributed by atoms with E-state index in [0.717, 1.165) is 27.5 Å². The average molecular weight is 304 g/mol. The van der Waals surface area contributed by atoms with Crippen molar-refractivity contribution in [2.24, 2.45) is 0 Å². The first-order valence-electron chi connectivity index (χ1n) is 6.66. The number of aryl methyl sites for hydroxylation is 1. The Morgan fingerprint density at radius 1 is 1.10 bits per heavy atom. The topological polar surface area (TPSA) is 53.2 Å². The molecule has 2 rings (SSSR count). The van der Waals surface area contributed by atoms with Crippen LogP contribution in [-0.2, 0) is 6.54 Å². The van der Waals surface area contributed by atoms with Crippen molar-refractivity contribution in [2.75, 3.05) is 17.7 Å². The minimum Gasteiger partial charge on any atom is -0.381 e. The van der Waals surface area contributed by atoms with Crippen molar-refractivity contribution in [1.29, 1.82) is 0 Å². The number of rotatable bonds is 4. The Balaban J connectivity index is 1.94. The van der Waals surface area contributed by atoms with E-state index in [9.17, 15) is 4.79 Å². The zero-order chi connectivity index (χ0) is 15.2. The summed E-state index contributed by atoms with van der Waals surface area (Å²) in [5, 5.41) is 9.31. The summed E-state index contributed by atoms with van der Waals surface area (Å²) in [6, 6.07) is 13.3. The fourth-order valence-corrected chi connectivity index (χ4v) is 2.02. The van der Waals surface area contributed by atoms with E-state index >= 15 is 0 Å². The van der Waals surface area contributed by atoms with Crippen LogP contribution in [0.4, 0.5) is 16.2 Å². The van der Waals surface area contributed by atoms with Gasteiger partial charge in [-0.3, -0.25) is 0 Å². The van der Waals surface area contributed by atoms with Gasteiger partial charge in [-0.2, -0.15) is 0 Å². The molecule has 0 aliphatic carbocycles. The highest BCUT2D eigenvalue weighted by Crippen LogP contribution is 2.18. The molecule has 0 radical (unpaired) electrons. The number of halogens is 1. The molecule has 0 atom stereocenters. The van der Waals surface area contributed by atoms with Crippen molar-refractivity contribution in [1.82, 2.24) is 5.32 Å². The molecule has 0 heterocycles. The lowest BCUT2D eigenvalue weighted by atomic mass is 10.1. The molecule has 2 amide bonds. The average Bonchev–Trinajstić information content (AvgIpc) is 2.50. The molecule has 5 heteroatoms. The molecule has 110 valence electrons. The molecule has 2 aromatic carbocycles. The van der Waals surface area contributed by atoms with Gasteiger partial charge >= 0.3 is 6.03 Å². The number of amides is 2. The van der Waals surface area contributed by atoms with Gasteiger partial charge < -0.3 is 16.0 Å².